The molecule has 0 radical (unpaired) electrons. The first-order valence-corrected chi connectivity index (χ1v) is 8.04. The molecule has 1 aromatic heterocycles. The maximum Gasteiger partial charge on any atom is 0.286 e. The lowest BCUT2D eigenvalue weighted by atomic mass is 9.92. The van der Waals surface area contributed by atoms with Gasteiger partial charge in [0.2, 0.25) is 5.82 Å². The van der Waals surface area contributed by atoms with E-state index in [1.54, 1.807) is 12.3 Å². The normalized spacial score (nSPS) is 16.5. The third-order valence-electron chi connectivity index (χ3n) is 3.82. The monoisotopic (exact) mass is 374 g/mol. The Morgan fingerprint density at radius 2 is 2.09 bits per heavy atom. The van der Waals surface area contributed by atoms with Crippen LogP contribution in [0, 0.1) is 0 Å². The number of hydrogen-bond donors (Lipinski definition) is 2. The molecule has 3 N–H and O–H groups in total. The van der Waals surface area contributed by atoms with Crippen LogP contribution in [-0.4, -0.2) is 27.8 Å². The third kappa shape index (κ3) is 3.39. The number of halogens is 1. The minimum atomic E-state index is -0.628. The molecule has 3 rings (SSSR count). The molecule has 1 atom stereocenters. The van der Waals surface area contributed by atoms with Crippen LogP contribution in [0.3, 0.4) is 0 Å². The summed E-state index contributed by atoms with van der Waals surface area (Å²) >= 11 is 3.38. The van der Waals surface area contributed by atoms with Crippen molar-refractivity contribution in [2.24, 2.45) is 5.73 Å². The summed E-state index contributed by atoms with van der Waals surface area (Å²) in [6, 6.07) is 7.33. The molecular formula is C16H15BrN4O2. The van der Waals surface area contributed by atoms with Gasteiger partial charge in [-0.05, 0) is 52.9 Å². The van der Waals surface area contributed by atoms with Gasteiger partial charge in [0.05, 0.1) is 5.56 Å². The molecule has 0 aliphatic heterocycles. The van der Waals surface area contributed by atoms with E-state index in [0.29, 0.717) is 18.4 Å². The van der Waals surface area contributed by atoms with Crippen LogP contribution >= 0.6 is 15.9 Å². The summed E-state index contributed by atoms with van der Waals surface area (Å²) in [4.78, 5) is 31.6. The lowest BCUT2D eigenvalue weighted by molar-refractivity contribution is 0.0932. The van der Waals surface area contributed by atoms with Gasteiger partial charge in [0, 0.05) is 22.4 Å². The van der Waals surface area contributed by atoms with Crippen molar-refractivity contribution in [2.45, 2.75) is 25.3 Å². The molecule has 0 fully saturated rings. The van der Waals surface area contributed by atoms with Crippen molar-refractivity contribution in [1.82, 2.24) is 15.3 Å². The fourth-order valence-electron chi connectivity index (χ4n) is 2.66. The SMILES string of the molecule is NC(=O)c1ncc2c(n1)CCC(NC(=O)c1ccccc1Br)C2. The molecule has 0 bridgehead atoms. The molecule has 118 valence electrons. The fourth-order valence-corrected chi connectivity index (χ4v) is 3.12. The Hall–Kier alpha value is -2.28. The molecule has 0 saturated heterocycles. The Bertz CT molecular complexity index is 778. The average Bonchev–Trinajstić information content (AvgIpc) is 2.54. The van der Waals surface area contributed by atoms with E-state index in [-0.39, 0.29) is 17.8 Å². The number of benzene rings is 1. The van der Waals surface area contributed by atoms with Gasteiger partial charge < -0.3 is 11.1 Å². The molecule has 7 heteroatoms. The van der Waals surface area contributed by atoms with Crippen molar-refractivity contribution in [3.8, 4) is 0 Å². The molecule has 0 saturated carbocycles. The Balaban J connectivity index is 1.72. The van der Waals surface area contributed by atoms with Crippen LogP contribution in [0.2, 0.25) is 0 Å². The van der Waals surface area contributed by atoms with Crippen LogP contribution in [0.1, 0.15) is 38.7 Å². The van der Waals surface area contributed by atoms with Crippen molar-refractivity contribution in [3.05, 3.63) is 57.6 Å². The van der Waals surface area contributed by atoms with Crippen LogP contribution in [0.4, 0.5) is 0 Å². The number of primary amides is 1. The van der Waals surface area contributed by atoms with Crippen LogP contribution in [0.15, 0.2) is 34.9 Å². The van der Waals surface area contributed by atoms with E-state index >= 15 is 0 Å². The molecule has 6 nitrogen and oxygen atoms in total. The molecule has 23 heavy (non-hydrogen) atoms. The van der Waals surface area contributed by atoms with Gasteiger partial charge in [0.15, 0.2) is 0 Å². The maximum absolute atomic E-state index is 12.4. The smallest absolute Gasteiger partial charge is 0.286 e. The number of aromatic nitrogens is 2. The number of carbonyl (C=O) groups is 2. The van der Waals surface area contributed by atoms with E-state index in [2.05, 4.69) is 31.2 Å². The summed E-state index contributed by atoms with van der Waals surface area (Å²) < 4.78 is 0.767. The molecule has 1 unspecified atom stereocenters. The van der Waals surface area contributed by atoms with Crippen LogP contribution in [0.5, 0.6) is 0 Å². The number of aryl methyl sites for hydroxylation is 1. The minimum absolute atomic E-state index is 0.0186. The topological polar surface area (TPSA) is 98.0 Å². The number of fused-ring (bicyclic) bond motifs is 1. The van der Waals surface area contributed by atoms with Gasteiger partial charge in [-0.3, -0.25) is 9.59 Å². The van der Waals surface area contributed by atoms with Crippen molar-refractivity contribution in [2.75, 3.05) is 0 Å². The molecule has 1 aromatic carbocycles. The molecule has 0 spiro atoms. The minimum Gasteiger partial charge on any atom is -0.363 e. The summed E-state index contributed by atoms with van der Waals surface area (Å²) in [6.07, 6.45) is 3.71. The van der Waals surface area contributed by atoms with Crippen LogP contribution < -0.4 is 11.1 Å². The second kappa shape index (κ2) is 6.45. The molecule has 2 aromatic rings. The zero-order valence-corrected chi connectivity index (χ0v) is 13.8. The van der Waals surface area contributed by atoms with E-state index in [0.717, 1.165) is 22.2 Å². The van der Waals surface area contributed by atoms with Crippen molar-refractivity contribution in [3.63, 3.8) is 0 Å². The van der Waals surface area contributed by atoms with Gasteiger partial charge in [-0.2, -0.15) is 0 Å². The van der Waals surface area contributed by atoms with E-state index < -0.39 is 5.91 Å². The zero-order valence-electron chi connectivity index (χ0n) is 12.3. The van der Waals surface area contributed by atoms with Gasteiger partial charge >= 0.3 is 0 Å². The number of nitrogens with zero attached hydrogens (tertiary/aromatic N) is 2. The second-order valence-electron chi connectivity index (χ2n) is 5.42. The largest absolute Gasteiger partial charge is 0.363 e. The molecule has 1 aliphatic rings. The average molecular weight is 375 g/mol. The summed E-state index contributed by atoms with van der Waals surface area (Å²) in [5.41, 5.74) is 7.58. The lowest BCUT2D eigenvalue weighted by Crippen LogP contribution is -2.39. The third-order valence-corrected chi connectivity index (χ3v) is 4.52. The standard InChI is InChI=1S/C16H15BrN4O2/c17-12-4-2-1-3-11(12)16(23)20-10-5-6-13-9(7-10)8-19-15(21-13)14(18)22/h1-4,8,10H,5-7H2,(H2,18,22)(H,20,23). The first kappa shape index (κ1) is 15.6. The van der Waals surface area contributed by atoms with Gasteiger partial charge in [0.1, 0.15) is 0 Å². The molecule has 1 heterocycles. The summed E-state index contributed by atoms with van der Waals surface area (Å²) in [6.45, 7) is 0. The number of carbonyl (C=O) groups excluding carboxylic acids is 2. The van der Waals surface area contributed by atoms with E-state index in [1.165, 1.54) is 0 Å². The number of hydrogen-bond acceptors (Lipinski definition) is 4. The lowest BCUT2D eigenvalue weighted by Gasteiger charge is -2.24. The predicted molar refractivity (Wildman–Crippen MR) is 88.0 cm³/mol. The quantitative estimate of drug-likeness (QED) is 0.852. The number of nitrogens with one attached hydrogen (secondary N) is 1. The van der Waals surface area contributed by atoms with Gasteiger partial charge in [-0.1, -0.05) is 12.1 Å². The van der Waals surface area contributed by atoms with Crippen molar-refractivity contribution >= 4 is 27.7 Å². The second-order valence-corrected chi connectivity index (χ2v) is 6.28. The van der Waals surface area contributed by atoms with E-state index in [4.69, 9.17) is 5.73 Å². The summed E-state index contributed by atoms with van der Waals surface area (Å²) in [7, 11) is 0. The summed E-state index contributed by atoms with van der Waals surface area (Å²) in [5.74, 6) is -0.697. The van der Waals surface area contributed by atoms with Gasteiger partial charge in [-0.25, -0.2) is 9.97 Å². The van der Waals surface area contributed by atoms with E-state index in [9.17, 15) is 9.59 Å². The zero-order chi connectivity index (χ0) is 16.4. The van der Waals surface area contributed by atoms with Crippen molar-refractivity contribution in [1.29, 1.82) is 0 Å². The van der Waals surface area contributed by atoms with Gasteiger partial charge in [0.25, 0.3) is 11.8 Å². The maximum atomic E-state index is 12.4. The Labute approximate surface area is 141 Å². The highest BCUT2D eigenvalue weighted by molar-refractivity contribution is 9.10. The van der Waals surface area contributed by atoms with Crippen LogP contribution in [-0.2, 0) is 12.8 Å². The Morgan fingerprint density at radius 3 is 2.83 bits per heavy atom. The predicted octanol–water partition coefficient (Wildman–Crippen LogP) is 1.63. The van der Waals surface area contributed by atoms with Crippen LogP contribution in [0.25, 0.3) is 0 Å². The molecular weight excluding hydrogens is 360 g/mol. The highest BCUT2D eigenvalue weighted by Gasteiger charge is 2.23. The molecule has 1 aliphatic carbocycles. The molecule has 2 amide bonds. The first-order chi connectivity index (χ1) is 11.0. The fraction of sp³-hybridized carbons (Fsp3) is 0.250. The summed E-state index contributed by atoms with van der Waals surface area (Å²) in [5, 5.41) is 3.04. The van der Waals surface area contributed by atoms with E-state index in [1.807, 2.05) is 18.2 Å². The van der Waals surface area contributed by atoms with Gasteiger partial charge in [-0.15, -0.1) is 0 Å². The number of nitrogens with two attached hydrogens (primary N) is 1. The first-order valence-electron chi connectivity index (χ1n) is 7.24. The highest BCUT2D eigenvalue weighted by Crippen LogP contribution is 2.21. The Kier molecular flexibility index (Phi) is 4.38. The number of rotatable bonds is 3. The highest BCUT2D eigenvalue weighted by atomic mass is 79.9. The Morgan fingerprint density at radius 1 is 1.30 bits per heavy atom. The number of amides is 2. The van der Waals surface area contributed by atoms with Crippen molar-refractivity contribution < 1.29 is 9.59 Å².